The number of fused-ring (bicyclic) bond motifs is 1. The van der Waals surface area contributed by atoms with Gasteiger partial charge >= 0.3 is 0 Å². The van der Waals surface area contributed by atoms with Crippen LogP contribution >= 0.6 is 24.0 Å². The van der Waals surface area contributed by atoms with Gasteiger partial charge in [-0.15, -0.1) is 24.0 Å². The van der Waals surface area contributed by atoms with Crippen LogP contribution in [0.5, 0.6) is 11.5 Å². The van der Waals surface area contributed by atoms with Crippen molar-refractivity contribution >= 4 is 41.0 Å². The first kappa shape index (κ1) is 21.8. The van der Waals surface area contributed by atoms with Gasteiger partial charge in [0.25, 0.3) is 0 Å². The van der Waals surface area contributed by atoms with Crippen molar-refractivity contribution in [3.8, 4) is 11.5 Å². The van der Waals surface area contributed by atoms with Crippen molar-refractivity contribution in [2.24, 2.45) is 10.7 Å². The van der Waals surface area contributed by atoms with Crippen LogP contribution in [0, 0.1) is 0 Å². The Bertz CT molecular complexity index is 926. The zero-order valence-corrected chi connectivity index (χ0v) is 18.4. The molecule has 0 atom stereocenters. The maximum Gasteiger partial charge on any atom is 0.188 e. The van der Waals surface area contributed by atoms with Crippen molar-refractivity contribution < 1.29 is 9.47 Å². The topological polar surface area (TPSA) is 86.7 Å². The number of aliphatic imine (C=N–C) groups is 1. The van der Waals surface area contributed by atoms with E-state index in [9.17, 15) is 0 Å². The van der Waals surface area contributed by atoms with E-state index in [0.29, 0.717) is 24.0 Å². The van der Waals surface area contributed by atoms with Crippen molar-refractivity contribution in [3.63, 3.8) is 0 Å². The monoisotopic (exact) mass is 495 g/mol. The molecule has 28 heavy (non-hydrogen) atoms. The van der Waals surface area contributed by atoms with Gasteiger partial charge in [-0.05, 0) is 36.2 Å². The molecule has 1 aromatic heterocycles. The molecule has 7 nitrogen and oxygen atoms in total. The molecular formula is C20H26IN5O2. The minimum absolute atomic E-state index is 0. The maximum atomic E-state index is 5.96. The highest BCUT2D eigenvalue weighted by atomic mass is 127. The Hall–Kier alpha value is -2.49. The Labute approximate surface area is 182 Å². The molecule has 0 radical (unpaired) electrons. The number of imidazole rings is 1. The third-order valence-corrected chi connectivity index (χ3v) is 4.29. The summed E-state index contributed by atoms with van der Waals surface area (Å²) in [4.78, 5) is 8.77. The van der Waals surface area contributed by atoms with Crippen LogP contribution in [-0.4, -0.2) is 36.3 Å². The first-order valence-electron chi connectivity index (χ1n) is 8.86. The van der Waals surface area contributed by atoms with Crippen molar-refractivity contribution in [1.29, 1.82) is 0 Å². The maximum absolute atomic E-state index is 5.96. The molecule has 1 heterocycles. The molecular weight excluding hydrogens is 469 g/mol. The second kappa shape index (κ2) is 10.7. The molecule has 3 rings (SSSR count). The van der Waals surface area contributed by atoms with Crippen molar-refractivity contribution in [2.45, 2.75) is 19.5 Å². The van der Waals surface area contributed by atoms with Crippen LogP contribution in [0.4, 0.5) is 0 Å². The fourth-order valence-electron chi connectivity index (χ4n) is 2.87. The molecule has 2 aromatic carbocycles. The normalized spacial score (nSPS) is 11.1. The van der Waals surface area contributed by atoms with Crippen LogP contribution in [0.15, 0.2) is 53.8 Å². The number of nitrogens with zero attached hydrogens (tertiary/aromatic N) is 3. The van der Waals surface area contributed by atoms with Crippen LogP contribution in [0.2, 0.25) is 0 Å². The zero-order chi connectivity index (χ0) is 19.1. The number of aryl methyl sites for hydroxylation is 1. The number of methoxy groups -OCH3 is 2. The van der Waals surface area contributed by atoms with Crippen LogP contribution < -0.4 is 20.5 Å². The highest BCUT2D eigenvalue weighted by Crippen LogP contribution is 2.27. The van der Waals surface area contributed by atoms with E-state index < -0.39 is 0 Å². The minimum atomic E-state index is 0. The molecule has 3 aromatic rings. The largest absolute Gasteiger partial charge is 0.493 e. The van der Waals surface area contributed by atoms with Crippen LogP contribution in [0.1, 0.15) is 12.0 Å². The van der Waals surface area contributed by atoms with E-state index in [4.69, 9.17) is 15.2 Å². The lowest BCUT2D eigenvalue weighted by Gasteiger charge is -2.09. The van der Waals surface area contributed by atoms with Crippen molar-refractivity contribution in [2.75, 3.05) is 20.8 Å². The van der Waals surface area contributed by atoms with Crippen molar-refractivity contribution in [1.82, 2.24) is 14.9 Å². The summed E-state index contributed by atoms with van der Waals surface area (Å²) >= 11 is 0. The summed E-state index contributed by atoms with van der Waals surface area (Å²) < 4.78 is 12.7. The second-order valence-corrected chi connectivity index (χ2v) is 6.10. The Morgan fingerprint density at radius 1 is 1.14 bits per heavy atom. The number of hydrogen-bond acceptors (Lipinski definition) is 4. The van der Waals surface area contributed by atoms with Crippen molar-refractivity contribution in [3.05, 3.63) is 54.4 Å². The number of aromatic nitrogens is 2. The van der Waals surface area contributed by atoms with Gasteiger partial charge in [-0.2, -0.15) is 0 Å². The van der Waals surface area contributed by atoms with Gasteiger partial charge in [0, 0.05) is 13.1 Å². The quantitative estimate of drug-likeness (QED) is 0.217. The summed E-state index contributed by atoms with van der Waals surface area (Å²) in [6, 6.07) is 13.8. The molecule has 0 spiro atoms. The number of halogens is 1. The third kappa shape index (κ3) is 5.51. The zero-order valence-electron chi connectivity index (χ0n) is 16.1. The number of ether oxygens (including phenoxy) is 2. The summed E-state index contributed by atoms with van der Waals surface area (Å²) in [5.41, 5.74) is 9.13. The fourth-order valence-corrected chi connectivity index (χ4v) is 2.87. The molecule has 0 saturated heterocycles. The van der Waals surface area contributed by atoms with E-state index in [0.717, 1.165) is 36.1 Å². The predicted octanol–water partition coefficient (Wildman–Crippen LogP) is 3.17. The van der Waals surface area contributed by atoms with E-state index >= 15 is 0 Å². The standard InChI is InChI=1S/C20H25N5O2.HI/c1-26-18-9-8-15(12-19(18)27-2)13-23-20(21)22-10-5-11-25-14-24-16-6-3-4-7-17(16)25;/h3-4,6-9,12,14H,5,10-11,13H2,1-2H3,(H3,21,22,23);1H. The summed E-state index contributed by atoms with van der Waals surface area (Å²) in [6.45, 7) is 2.09. The number of nitrogens with two attached hydrogens (primary N) is 1. The molecule has 0 saturated carbocycles. The van der Waals surface area contributed by atoms with E-state index in [1.807, 2.05) is 42.7 Å². The summed E-state index contributed by atoms with van der Waals surface area (Å²) in [7, 11) is 3.23. The minimum Gasteiger partial charge on any atom is -0.493 e. The van der Waals surface area contributed by atoms with Gasteiger partial charge in [0.1, 0.15) is 0 Å². The molecule has 0 amide bonds. The Morgan fingerprint density at radius 2 is 1.93 bits per heavy atom. The molecule has 8 heteroatoms. The average Bonchev–Trinajstić information content (AvgIpc) is 3.12. The number of benzene rings is 2. The number of rotatable bonds is 8. The lowest BCUT2D eigenvalue weighted by molar-refractivity contribution is 0.354. The lowest BCUT2D eigenvalue weighted by Crippen LogP contribution is -2.32. The molecule has 0 aliphatic rings. The first-order valence-corrected chi connectivity index (χ1v) is 8.86. The van der Waals surface area contributed by atoms with Gasteiger partial charge in [0.2, 0.25) is 0 Å². The lowest BCUT2D eigenvalue weighted by atomic mass is 10.2. The summed E-state index contributed by atoms with van der Waals surface area (Å²) in [5.74, 6) is 1.81. The van der Waals surface area contributed by atoms with E-state index in [2.05, 4.69) is 25.9 Å². The summed E-state index contributed by atoms with van der Waals surface area (Å²) in [5, 5.41) is 3.15. The smallest absolute Gasteiger partial charge is 0.188 e. The van der Waals surface area contributed by atoms with Gasteiger partial charge in [-0.25, -0.2) is 9.98 Å². The van der Waals surface area contributed by atoms with Crippen LogP contribution in [0.3, 0.4) is 0 Å². The fraction of sp³-hybridized carbons (Fsp3) is 0.300. The Kier molecular flexibility index (Phi) is 8.37. The Morgan fingerprint density at radius 3 is 2.71 bits per heavy atom. The van der Waals surface area contributed by atoms with E-state index in [1.54, 1.807) is 14.2 Å². The molecule has 150 valence electrons. The highest BCUT2D eigenvalue weighted by Gasteiger charge is 2.04. The first-order chi connectivity index (χ1) is 13.2. The predicted molar refractivity (Wildman–Crippen MR) is 123 cm³/mol. The average molecular weight is 495 g/mol. The third-order valence-electron chi connectivity index (χ3n) is 4.29. The van der Waals surface area contributed by atoms with Gasteiger partial charge in [0.15, 0.2) is 17.5 Å². The van der Waals surface area contributed by atoms with E-state index in [1.165, 1.54) is 0 Å². The molecule has 0 aliphatic heterocycles. The SMILES string of the molecule is COc1ccc(CN=C(N)NCCCn2cnc3ccccc32)cc1OC.I. The Balaban J connectivity index is 0.00000280. The van der Waals surface area contributed by atoms with Crippen LogP contribution in [0.25, 0.3) is 11.0 Å². The number of nitrogens with one attached hydrogen (secondary N) is 1. The molecule has 0 unspecified atom stereocenters. The van der Waals surface area contributed by atoms with Gasteiger partial charge in [-0.3, -0.25) is 0 Å². The number of para-hydroxylation sites is 2. The molecule has 0 bridgehead atoms. The molecule has 3 N–H and O–H groups in total. The second-order valence-electron chi connectivity index (χ2n) is 6.10. The molecule has 0 fully saturated rings. The number of guanidine groups is 1. The highest BCUT2D eigenvalue weighted by molar-refractivity contribution is 14.0. The van der Waals surface area contributed by atoms with Crippen LogP contribution in [-0.2, 0) is 13.1 Å². The number of hydrogen-bond donors (Lipinski definition) is 2. The van der Waals surface area contributed by atoms with Gasteiger partial charge in [0.05, 0.1) is 38.1 Å². The summed E-state index contributed by atoms with van der Waals surface area (Å²) in [6.07, 6.45) is 2.80. The van der Waals surface area contributed by atoms with Gasteiger partial charge < -0.3 is 25.1 Å². The van der Waals surface area contributed by atoms with Gasteiger partial charge in [-0.1, -0.05) is 18.2 Å². The van der Waals surface area contributed by atoms with E-state index in [-0.39, 0.29) is 24.0 Å². The molecule has 0 aliphatic carbocycles.